The molecule has 1 amide bonds. The van der Waals surface area contributed by atoms with E-state index in [0.29, 0.717) is 17.9 Å². The van der Waals surface area contributed by atoms with E-state index >= 15 is 0 Å². The molecular weight excluding hydrogens is 393 g/mol. The summed E-state index contributed by atoms with van der Waals surface area (Å²) in [6.45, 7) is 4.51. The van der Waals surface area contributed by atoms with E-state index in [0.717, 1.165) is 17.7 Å². The van der Waals surface area contributed by atoms with Crippen LogP contribution in [0.4, 0.5) is 13.2 Å². The van der Waals surface area contributed by atoms with Crippen LogP contribution in [0.1, 0.15) is 36.4 Å². The average molecular weight is 416 g/mol. The van der Waals surface area contributed by atoms with E-state index in [-0.39, 0.29) is 24.9 Å². The monoisotopic (exact) mass is 416 g/mol. The van der Waals surface area contributed by atoms with E-state index in [4.69, 9.17) is 0 Å². The molecule has 2 aromatic heterocycles. The van der Waals surface area contributed by atoms with Crippen LogP contribution in [0.3, 0.4) is 0 Å². The Labute approximate surface area is 173 Å². The highest BCUT2D eigenvalue weighted by Gasteiger charge is 2.30. The molecule has 158 valence electrons. The Bertz CT molecular complexity index is 983. The van der Waals surface area contributed by atoms with E-state index in [1.54, 1.807) is 40.3 Å². The fourth-order valence-electron chi connectivity index (χ4n) is 3.14. The van der Waals surface area contributed by atoms with Crippen LogP contribution in [-0.2, 0) is 30.6 Å². The number of hydrogen-bond donors (Lipinski definition) is 0. The molecule has 3 rings (SSSR count). The van der Waals surface area contributed by atoms with E-state index in [1.807, 2.05) is 26.0 Å². The molecular formula is C22H23F3N4O. The van der Waals surface area contributed by atoms with E-state index < -0.39 is 11.7 Å². The largest absolute Gasteiger partial charge is 0.416 e. The van der Waals surface area contributed by atoms with Crippen molar-refractivity contribution >= 4 is 5.91 Å². The number of alkyl halides is 3. The molecule has 0 aliphatic carbocycles. The molecule has 5 nitrogen and oxygen atoms in total. The van der Waals surface area contributed by atoms with Crippen LogP contribution >= 0.6 is 0 Å². The van der Waals surface area contributed by atoms with Crippen LogP contribution < -0.4 is 0 Å². The van der Waals surface area contributed by atoms with Gasteiger partial charge in [-0.1, -0.05) is 32.0 Å². The van der Waals surface area contributed by atoms with Crippen LogP contribution in [-0.4, -0.2) is 25.3 Å². The Kier molecular flexibility index (Phi) is 6.54. The van der Waals surface area contributed by atoms with E-state index in [1.165, 1.54) is 6.07 Å². The van der Waals surface area contributed by atoms with Gasteiger partial charge in [0.2, 0.25) is 5.91 Å². The van der Waals surface area contributed by atoms with Gasteiger partial charge in [0.25, 0.3) is 0 Å². The van der Waals surface area contributed by atoms with Gasteiger partial charge in [-0.15, -0.1) is 0 Å². The lowest BCUT2D eigenvalue weighted by molar-refractivity contribution is -0.138. The first-order chi connectivity index (χ1) is 14.2. The number of halogens is 3. The summed E-state index contributed by atoms with van der Waals surface area (Å²) in [6, 6.07) is 8.92. The van der Waals surface area contributed by atoms with Crippen LogP contribution in [0.25, 0.3) is 0 Å². The topological polar surface area (TPSA) is 51.0 Å². The third kappa shape index (κ3) is 5.46. The van der Waals surface area contributed by atoms with Crippen LogP contribution in [0.2, 0.25) is 0 Å². The summed E-state index contributed by atoms with van der Waals surface area (Å²) >= 11 is 0. The smallest absolute Gasteiger partial charge is 0.331 e. The number of pyridine rings is 1. The predicted octanol–water partition coefficient (Wildman–Crippen LogP) is 4.53. The SMILES string of the molecule is CC(C)C(=O)N(Cc1cccnc1)Cc1nccn1Cc1cccc(C(F)(F)F)c1. The number of carbonyl (C=O) groups is 1. The van der Waals surface area contributed by atoms with Crippen molar-refractivity contribution in [2.45, 2.75) is 39.7 Å². The summed E-state index contributed by atoms with van der Waals surface area (Å²) < 4.78 is 40.8. The highest BCUT2D eigenvalue weighted by atomic mass is 19.4. The third-order valence-electron chi connectivity index (χ3n) is 4.64. The number of amides is 1. The van der Waals surface area contributed by atoms with E-state index in [9.17, 15) is 18.0 Å². The molecule has 0 aliphatic rings. The first-order valence-corrected chi connectivity index (χ1v) is 9.58. The minimum absolute atomic E-state index is 0.0347. The Morgan fingerprint density at radius 1 is 1.10 bits per heavy atom. The quantitative estimate of drug-likeness (QED) is 0.569. The summed E-state index contributed by atoms with van der Waals surface area (Å²) in [6.07, 6.45) is 2.27. The highest BCUT2D eigenvalue weighted by Crippen LogP contribution is 2.29. The van der Waals surface area contributed by atoms with Gasteiger partial charge in [-0.2, -0.15) is 13.2 Å². The first-order valence-electron chi connectivity index (χ1n) is 9.58. The number of carbonyl (C=O) groups excluding carboxylic acids is 1. The molecule has 0 N–H and O–H groups in total. The minimum atomic E-state index is -4.39. The van der Waals surface area contributed by atoms with Crippen molar-refractivity contribution in [2.24, 2.45) is 5.92 Å². The second kappa shape index (κ2) is 9.11. The van der Waals surface area contributed by atoms with E-state index in [2.05, 4.69) is 9.97 Å². The molecule has 0 radical (unpaired) electrons. The molecule has 0 saturated carbocycles. The average Bonchev–Trinajstić information content (AvgIpc) is 3.13. The highest BCUT2D eigenvalue weighted by molar-refractivity contribution is 5.78. The minimum Gasteiger partial charge on any atom is -0.331 e. The van der Waals surface area contributed by atoms with Crippen LogP contribution in [0.5, 0.6) is 0 Å². The van der Waals surface area contributed by atoms with Gasteiger partial charge in [-0.05, 0) is 29.3 Å². The van der Waals surface area contributed by atoms with Gasteiger partial charge in [-0.25, -0.2) is 4.98 Å². The molecule has 0 atom stereocenters. The first kappa shape index (κ1) is 21.5. The Morgan fingerprint density at radius 2 is 1.87 bits per heavy atom. The Hall–Kier alpha value is -3.16. The Balaban J connectivity index is 1.81. The molecule has 0 aliphatic heterocycles. The van der Waals surface area contributed by atoms with Crippen molar-refractivity contribution in [1.29, 1.82) is 0 Å². The summed E-state index contributed by atoms with van der Waals surface area (Å²) in [5.74, 6) is 0.367. The van der Waals surface area contributed by atoms with Crippen LogP contribution in [0, 0.1) is 5.92 Å². The van der Waals surface area contributed by atoms with Crippen molar-refractivity contribution in [2.75, 3.05) is 0 Å². The van der Waals surface area contributed by atoms with Crippen molar-refractivity contribution in [1.82, 2.24) is 19.4 Å². The maximum absolute atomic E-state index is 13.0. The number of nitrogens with zero attached hydrogens (tertiary/aromatic N) is 4. The molecule has 3 aromatic rings. The van der Waals surface area contributed by atoms with Gasteiger partial charge >= 0.3 is 6.18 Å². The van der Waals surface area contributed by atoms with Gasteiger partial charge in [0, 0.05) is 43.8 Å². The molecule has 30 heavy (non-hydrogen) atoms. The zero-order chi connectivity index (χ0) is 21.7. The Morgan fingerprint density at radius 3 is 2.53 bits per heavy atom. The lowest BCUT2D eigenvalue weighted by Gasteiger charge is -2.25. The zero-order valence-corrected chi connectivity index (χ0v) is 16.8. The summed E-state index contributed by atoms with van der Waals surface area (Å²) in [4.78, 5) is 22.9. The lowest BCUT2D eigenvalue weighted by atomic mass is 10.1. The lowest BCUT2D eigenvalue weighted by Crippen LogP contribution is -2.34. The van der Waals surface area contributed by atoms with Crippen molar-refractivity contribution in [3.8, 4) is 0 Å². The maximum Gasteiger partial charge on any atom is 0.416 e. The molecule has 8 heteroatoms. The molecule has 0 fully saturated rings. The van der Waals surface area contributed by atoms with Gasteiger partial charge in [-0.3, -0.25) is 9.78 Å². The van der Waals surface area contributed by atoms with Crippen molar-refractivity contribution < 1.29 is 18.0 Å². The number of rotatable bonds is 7. The third-order valence-corrected chi connectivity index (χ3v) is 4.64. The van der Waals surface area contributed by atoms with Gasteiger partial charge in [0.1, 0.15) is 5.82 Å². The predicted molar refractivity (Wildman–Crippen MR) is 106 cm³/mol. The number of imidazole rings is 1. The molecule has 0 bridgehead atoms. The molecule has 2 heterocycles. The van der Waals surface area contributed by atoms with Crippen molar-refractivity contribution in [3.63, 3.8) is 0 Å². The summed E-state index contributed by atoms with van der Waals surface area (Å²) in [5.41, 5.74) is 0.718. The van der Waals surface area contributed by atoms with Crippen LogP contribution in [0.15, 0.2) is 61.2 Å². The van der Waals surface area contributed by atoms with Crippen molar-refractivity contribution in [3.05, 3.63) is 83.7 Å². The fraction of sp³-hybridized carbons (Fsp3) is 0.318. The summed E-state index contributed by atoms with van der Waals surface area (Å²) in [5, 5.41) is 0. The zero-order valence-electron chi connectivity index (χ0n) is 16.8. The second-order valence-electron chi connectivity index (χ2n) is 7.38. The number of aromatic nitrogens is 3. The standard InChI is InChI=1S/C22H23F3N4O/c1-16(2)21(30)29(14-18-6-4-8-26-12-18)15-20-27-9-10-28(20)13-17-5-3-7-19(11-17)22(23,24)25/h3-12,16H,13-15H2,1-2H3. The maximum atomic E-state index is 13.0. The number of benzene rings is 1. The molecule has 1 aromatic carbocycles. The fourth-order valence-corrected chi connectivity index (χ4v) is 3.14. The van der Waals surface area contributed by atoms with Gasteiger partial charge in [0.05, 0.1) is 12.1 Å². The molecule has 0 spiro atoms. The second-order valence-corrected chi connectivity index (χ2v) is 7.38. The summed E-state index contributed by atoms with van der Waals surface area (Å²) in [7, 11) is 0. The van der Waals surface area contributed by atoms with Gasteiger partial charge in [0.15, 0.2) is 0 Å². The van der Waals surface area contributed by atoms with Gasteiger partial charge < -0.3 is 9.47 Å². The normalized spacial score (nSPS) is 11.7. The number of hydrogen-bond acceptors (Lipinski definition) is 3. The molecule has 0 saturated heterocycles. The molecule has 0 unspecified atom stereocenters.